The van der Waals surface area contributed by atoms with Crippen LogP contribution in [0.5, 0.6) is 0 Å². The molecule has 1 aliphatic rings. The molecule has 4 N–H and O–H groups in total. The largest absolute Gasteiger partial charge is 0.480 e. The molecule has 110 valence electrons. The number of nitrogen functional groups attached to an aromatic ring is 1. The fraction of sp³-hybridized carbons (Fsp3) is 0.357. The van der Waals surface area contributed by atoms with Gasteiger partial charge < -0.3 is 16.2 Å². The molecule has 0 bridgehead atoms. The summed E-state index contributed by atoms with van der Waals surface area (Å²) >= 11 is 1.30. The van der Waals surface area contributed by atoms with Gasteiger partial charge in [-0.2, -0.15) is 0 Å². The number of nitrogens with two attached hydrogens (primary N) is 1. The van der Waals surface area contributed by atoms with Crippen molar-refractivity contribution in [2.75, 3.05) is 5.73 Å². The average Bonchev–Trinajstić information content (AvgIpc) is 3.03. The number of benzene rings is 1. The predicted octanol–water partition coefficient (Wildman–Crippen LogP) is 2.01. The molecule has 1 saturated carbocycles. The number of aliphatic carboxylic acids is 1. The summed E-state index contributed by atoms with van der Waals surface area (Å²) in [6, 6.07) is 5.06. The van der Waals surface area contributed by atoms with Crippen LogP contribution in [-0.4, -0.2) is 27.5 Å². The third-order valence-electron chi connectivity index (χ3n) is 3.89. The van der Waals surface area contributed by atoms with Crippen LogP contribution in [0, 0.1) is 0 Å². The van der Waals surface area contributed by atoms with Gasteiger partial charge in [-0.05, 0) is 31.0 Å². The molecule has 2 aromatic rings. The van der Waals surface area contributed by atoms with E-state index < -0.39 is 11.5 Å². The number of carboxylic acid groups (broad SMARTS) is 1. The molecule has 0 radical (unpaired) electrons. The minimum absolute atomic E-state index is 0.367. The first kappa shape index (κ1) is 13.8. The van der Waals surface area contributed by atoms with Crippen molar-refractivity contribution in [1.82, 2.24) is 10.3 Å². The van der Waals surface area contributed by atoms with Crippen LogP contribution in [-0.2, 0) is 4.79 Å². The van der Waals surface area contributed by atoms with E-state index in [9.17, 15) is 14.7 Å². The summed E-state index contributed by atoms with van der Waals surface area (Å²) < 4.78 is 0.816. The summed E-state index contributed by atoms with van der Waals surface area (Å²) in [5.41, 5.74) is 5.68. The van der Waals surface area contributed by atoms with E-state index >= 15 is 0 Å². The Bertz CT molecular complexity index is 719. The molecule has 0 aliphatic heterocycles. The number of nitrogens with zero attached hydrogens (tertiary/aromatic N) is 1. The number of carbonyl (C=O) groups excluding carboxylic acids is 1. The standard InChI is InChI=1S/C14H15N3O3S/c15-13-16-9-4-3-8(7-10(9)21-13)11(18)17-14(12(19)20)5-1-2-6-14/h3-4,7H,1-2,5-6H2,(H2,15,16)(H,17,18)(H,19,20). The second-order valence-electron chi connectivity index (χ2n) is 5.28. The minimum atomic E-state index is -1.13. The highest BCUT2D eigenvalue weighted by Gasteiger charge is 2.42. The fourth-order valence-corrected chi connectivity index (χ4v) is 3.52. The highest BCUT2D eigenvalue weighted by molar-refractivity contribution is 7.22. The molecule has 7 heteroatoms. The van der Waals surface area contributed by atoms with Crippen molar-refractivity contribution in [2.45, 2.75) is 31.2 Å². The first-order valence-electron chi connectivity index (χ1n) is 6.72. The van der Waals surface area contributed by atoms with Crippen molar-refractivity contribution in [2.24, 2.45) is 0 Å². The van der Waals surface area contributed by atoms with E-state index in [1.165, 1.54) is 11.3 Å². The van der Waals surface area contributed by atoms with Gasteiger partial charge in [0.25, 0.3) is 5.91 Å². The number of rotatable bonds is 3. The molecule has 0 unspecified atom stereocenters. The lowest BCUT2D eigenvalue weighted by Gasteiger charge is -2.25. The smallest absolute Gasteiger partial charge is 0.329 e. The van der Waals surface area contributed by atoms with Crippen LogP contribution in [0.4, 0.5) is 5.13 Å². The number of thiazole rings is 1. The van der Waals surface area contributed by atoms with Crippen molar-refractivity contribution in [3.8, 4) is 0 Å². The van der Waals surface area contributed by atoms with Crippen LogP contribution in [0.1, 0.15) is 36.0 Å². The predicted molar refractivity (Wildman–Crippen MR) is 80.3 cm³/mol. The lowest BCUT2D eigenvalue weighted by Crippen LogP contribution is -2.52. The normalized spacial score (nSPS) is 17.0. The molecule has 1 aromatic heterocycles. The molecule has 21 heavy (non-hydrogen) atoms. The van der Waals surface area contributed by atoms with E-state index in [4.69, 9.17) is 5.73 Å². The molecule has 0 spiro atoms. The van der Waals surface area contributed by atoms with Gasteiger partial charge in [-0.25, -0.2) is 9.78 Å². The van der Waals surface area contributed by atoms with Crippen LogP contribution in [0.25, 0.3) is 10.2 Å². The third kappa shape index (κ3) is 2.44. The molecule has 1 aromatic carbocycles. The van der Waals surface area contributed by atoms with Crippen molar-refractivity contribution >= 4 is 38.6 Å². The number of anilines is 1. The number of hydrogen-bond acceptors (Lipinski definition) is 5. The monoisotopic (exact) mass is 305 g/mol. The van der Waals surface area contributed by atoms with Crippen molar-refractivity contribution in [3.05, 3.63) is 23.8 Å². The van der Waals surface area contributed by atoms with E-state index in [0.717, 1.165) is 23.1 Å². The topological polar surface area (TPSA) is 105 Å². The molecule has 3 rings (SSSR count). The Kier molecular flexibility index (Phi) is 3.29. The zero-order chi connectivity index (χ0) is 15.0. The summed E-state index contributed by atoms with van der Waals surface area (Å²) in [7, 11) is 0. The summed E-state index contributed by atoms with van der Waals surface area (Å²) in [5, 5.41) is 12.5. The molecular weight excluding hydrogens is 290 g/mol. The lowest BCUT2D eigenvalue weighted by atomic mass is 9.97. The van der Waals surface area contributed by atoms with Gasteiger partial charge in [-0.1, -0.05) is 24.2 Å². The van der Waals surface area contributed by atoms with Gasteiger partial charge in [-0.15, -0.1) is 0 Å². The molecular formula is C14H15N3O3S. The van der Waals surface area contributed by atoms with Gasteiger partial charge in [0.05, 0.1) is 10.2 Å². The number of aromatic nitrogens is 1. The number of fused-ring (bicyclic) bond motifs is 1. The third-order valence-corrected chi connectivity index (χ3v) is 4.73. The molecule has 6 nitrogen and oxygen atoms in total. The Morgan fingerprint density at radius 2 is 2.05 bits per heavy atom. The molecule has 0 saturated heterocycles. The molecule has 1 amide bonds. The highest BCUT2D eigenvalue weighted by atomic mass is 32.1. The SMILES string of the molecule is Nc1nc2ccc(C(=O)NC3(C(=O)O)CCCC3)cc2s1. The summed E-state index contributed by atoms with van der Waals surface area (Å²) in [4.78, 5) is 27.9. The van der Waals surface area contributed by atoms with Gasteiger partial charge in [0.15, 0.2) is 5.13 Å². The Labute approximate surface area is 125 Å². The zero-order valence-corrected chi connectivity index (χ0v) is 12.1. The van der Waals surface area contributed by atoms with Crippen LogP contribution in [0.2, 0.25) is 0 Å². The molecule has 1 heterocycles. The summed E-state index contributed by atoms with van der Waals surface area (Å²) in [6.45, 7) is 0. The van der Waals surface area contributed by atoms with E-state index in [1.54, 1.807) is 18.2 Å². The fourth-order valence-electron chi connectivity index (χ4n) is 2.74. The van der Waals surface area contributed by atoms with Gasteiger partial charge in [0.2, 0.25) is 0 Å². The van der Waals surface area contributed by atoms with Crippen LogP contribution in [0.3, 0.4) is 0 Å². The molecule has 1 fully saturated rings. The van der Waals surface area contributed by atoms with Gasteiger partial charge in [0, 0.05) is 5.56 Å². The molecule has 1 aliphatic carbocycles. The van der Waals surface area contributed by atoms with Gasteiger partial charge >= 0.3 is 5.97 Å². The van der Waals surface area contributed by atoms with Crippen molar-refractivity contribution < 1.29 is 14.7 Å². The number of carbonyl (C=O) groups is 2. The van der Waals surface area contributed by atoms with Gasteiger partial charge in [-0.3, -0.25) is 4.79 Å². The first-order chi connectivity index (χ1) is 10.00. The quantitative estimate of drug-likeness (QED) is 0.804. The number of amides is 1. The number of nitrogens with one attached hydrogen (secondary N) is 1. The summed E-state index contributed by atoms with van der Waals surface area (Å²) in [6.07, 6.45) is 2.58. The van der Waals surface area contributed by atoms with E-state index in [-0.39, 0.29) is 5.91 Å². The Morgan fingerprint density at radius 1 is 1.33 bits per heavy atom. The number of carboxylic acids is 1. The van der Waals surface area contributed by atoms with Crippen LogP contribution >= 0.6 is 11.3 Å². The van der Waals surface area contributed by atoms with Gasteiger partial charge in [0.1, 0.15) is 5.54 Å². The van der Waals surface area contributed by atoms with Crippen molar-refractivity contribution in [1.29, 1.82) is 0 Å². The Morgan fingerprint density at radius 3 is 2.71 bits per heavy atom. The molecule has 0 atom stereocenters. The number of hydrogen-bond donors (Lipinski definition) is 3. The maximum absolute atomic E-state index is 12.3. The zero-order valence-electron chi connectivity index (χ0n) is 11.3. The van der Waals surface area contributed by atoms with Crippen molar-refractivity contribution in [3.63, 3.8) is 0 Å². The highest BCUT2D eigenvalue weighted by Crippen LogP contribution is 2.31. The Balaban J connectivity index is 1.87. The van der Waals surface area contributed by atoms with E-state index in [0.29, 0.717) is 23.5 Å². The average molecular weight is 305 g/mol. The second kappa shape index (κ2) is 5.00. The first-order valence-corrected chi connectivity index (χ1v) is 7.54. The Hall–Kier alpha value is -2.15. The van der Waals surface area contributed by atoms with Crippen LogP contribution < -0.4 is 11.1 Å². The van der Waals surface area contributed by atoms with E-state index in [1.807, 2.05) is 0 Å². The second-order valence-corrected chi connectivity index (χ2v) is 6.35. The maximum atomic E-state index is 12.3. The minimum Gasteiger partial charge on any atom is -0.480 e. The van der Waals surface area contributed by atoms with Crippen LogP contribution in [0.15, 0.2) is 18.2 Å². The lowest BCUT2D eigenvalue weighted by molar-refractivity contribution is -0.144. The maximum Gasteiger partial charge on any atom is 0.329 e. The van der Waals surface area contributed by atoms with E-state index in [2.05, 4.69) is 10.3 Å². The summed E-state index contributed by atoms with van der Waals surface area (Å²) in [5.74, 6) is -1.33.